The molecule has 0 aromatic heterocycles. The molecule has 8 heteroatoms. The molecule has 0 bridgehead atoms. The number of amides is 1. The standard InChI is InChI=1S/C22H26ClN3O3S/c1-24(30(28,29)21-11-9-20(23)10-12-21)18-22(27)26-16-14-25(15-17-26)13-5-8-19-6-3-2-4-7-19/h2-12H,13-18H2,1H3/b8-5+. The largest absolute Gasteiger partial charge is 0.339 e. The zero-order valence-electron chi connectivity index (χ0n) is 16.9. The first kappa shape index (κ1) is 22.5. The number of rotatable bonds is 7. The van der Waals surface area contributed by atoms with Crippen molar-refractivity contribution in [3.63, 3.8) is 0 Å². The van der Waals surface area contributed by atoms with Crippen LogP contribution >= 0.6 is 11.6 Å². The van der Waals surface area contributed by atoms with Gasteiger partial charge in [-0.3, -0.25) is 9.69 Å². The molecule has 0 saturated carbocycles. The van der Waals surface area contributed by atoms with E-state index in [1.165, 1.54) is 31.3 Å². The lowest BCUT2D eigenvalue weighted by Gasteiger charge is -2.34. The Balaban J connectivity index is 1.48. The highest BCUT2D eigenvalue weighted by atomic mass is 35.5. The van der Waals surface area contributed by atoms with Crippen molar-refractivity contribution in [2.24, 2.45) is 0 Å². The molecule has 0 spiro atoms. The van der Waals surface area contributed by atoms with Crippen molar-refractivity contribution in [3.8, 4) is 0 Å². The van der Waals surface area contributed by atoms with Gasteiger partial charge in [0, 0.05) is 44.8 Å². The van der Waals surface area contributed by atoms with Crippen molar-refractivity contribution in [3.05, 3.63) is 71.3 Å². The average molecular weight is 448 g/mol. The Morgan fingerprint density at radius 2 is 1.67 bits per heavy atom. The van der Waals surface area contributed by atoms with Crippen molar-refractivity contribution >= 4 is 33.6 Å². The van der Waals surface area contributed by atoms with Gasteiger partial charge >= 0.3 is 0 Å². The lowest BCUT2D eigenvalue weighted by Crippen LogP contribution is -2.51. The highest BCUT2D eigenvalue weighted by Crippen LogP contribution is 2.17. The topological polar surface area (TPSA) is 60.9 Å². The first-order chi connectivity index (χ1) is 14.4. The third kappa shape index (κ3) is 5.92. The molecule has 1 aliphatic rings. The first-order valence-electron chi connectivity index (χ1n) is 9.80. The summed E-state index contributed by atoms with van der Waals surface area (Å²) >= 11 is 5.82. The molecule has 0 aliphatic carbocycles. The van der Waals surface area contributed by atoms with Crippen LogP contribution in [0.25, 0.3) is 6.08 Å². The molecule has 0 radical (unpaired) electrons. The van der Waals surface area contributed by atoms with Gasteiger partial charge in [-0.15, -0.1) is 0 Å². The summed E-state index contributed by atoms with van der Waals surface area (Å²) < 4.78 is 26.4. The Labute approximate surface area is 183 Å². The minimum atomic E-state index is -3.73. The second kappa shape index (κ2) is 10.2. The lowest BCUT2D eigenvalue weighted by molar-refractivity contribution is -0.132. The van der Waals surface area contributed by atoms with Crippen molar-refractivity contribution in [1.29, 1.82) is 0 Å². The molecule has 0 N–H and O–H groups in total. The lowest BCUT2D eigenvalue weighted by atomic mass is 10.2. The third-order valence-electron chi connectivity index (χ3n) is 5.08. The molecule has 3 rings (SSSR count). The van der Waals surface area contributed by atoms with E-state index >= 15 is 0 Å². The number of halogens is 1. The molecular formula is C22H26ClN3O3S. The van der Waals surface area contributed by atoms with Crippen LogP contribution in [0, 0.1) is 0 Å². The predicted octanol–water partition coefficient (Wildman–Crippen LogP) is 2.82. The quantitative estimate of drug-likeness (QED) is 0.654. The van der Waals surface area contributed by atoms with Crippen molar-refractivity contribution in [2.75, 3.05) is 46.3 Å². The predicted molar refractivity (Wildman–Crippen MR) is 120 cm³/mol. The Hall–Kier alpha value is -2.19. The Morgan fingerprint density at radius 1 is 1.03 bits per heavy atom. The normalized spacial score (nSPS) is 15.8. The van der Waals surface area contributed by atoms with Crippen LogP contribution < -0.4 is 0 Å². The number of benzene rings is 2. The van der Waals surface area contributed by atoms with E-state index in [0.29, 0.717) is 18.1 Å². The van der Waals surface area contributed by atoms with Crippen molar-refractivity contribution in [2.45, 2.75) is 4.90 Å². The summed E-state index contributed by atoms with van der Waals surface area (Å²) in [5.74, 6) is -0.186. The molecule has 1 heterocycles. The highest BCUT2D eigenvalue weighted by molar-refractivity contribution is 7.89. The number of sulfonamides is 1. The molecule has 1 saturated heterocycles. The van der Waals surface area contributed by atoms with Gasteiger partial charge in [-0.2, -0.15) is 4.31 Å². The van der Waals surface area contributed by atoms with Gasteiger partial charge in [-0.05, 0) is 29.8 Å². The van der Waals surface area contributed by atoms with E-state index in [4.69, 9.17) is 11.6 Å². The molecule has 2 aromatic carbocycles. The molecule has 0 atom stereocenters. The second-order valence-electron chi connectivity index (χ2n) is 7.21. The first-order valence-corrected chi connectivity index (χ1v) is 11.6. The van der Waals surface area contributed by atoms with Gasteiger partial charge < -0.3 is 4.90 Å². The fourth-order valence-electron chi connectivity index (χ4n) is 3.24. The minimum absolute atomic E-state index is 0.122. The summed E-state index contributed by atoms with van der Waals surface area (Å²) in [6.07, 6.45) is 4.22. The molecule has 1 fully saturated rings. The minimum Gasteiger partial charge on any atom is -0.339 e. The Kier molecular flexibility index (Phi) is 7.66. The van der Waals surface area contributed by atoms with E-state index < -0.39 is 10.0 Å². The Morgan fingerprint density at radius 3 is 2.30 bits per heavy atom. The van der Waals surface area contributed by atoms with E-state index in [1.807, 2.05) is 18.2 Å². The summed E-state index contributed by atoms with van der Waals surface area (Å²) in [5, 5.41) is 0.462. The maximum Gasteiger partial charge on any atom is 0.243 e. The number of carbonyl (C=O) groups is 1. The van der Waals surface area contributed by atoms with Crippen LogP contribution in [0.5, 0.6) is 0 Å². The van der Waals surface area contributed by atoms with Gasteiger partial charge in [0.05, 0.1) is 11.4 Å². The molecule has 6 nitrogen and oxygen atoms in total. The van der Waals surface area contributed by atoms with Gasteiger partial charge in [0.25, 0.3) is 0 Å². The number of hydrogen-bond acceptors (Lipinski definition) is 4. The van der Waals surface area contributed by atoms with Gasteiger partial charge in [0.2, 0.25) is 15.9 Å². The van der Waals surface area contributed by atoms with Crippen molar-refractivity contribution < 1.29 is 13.2 Å². The zero-order chi connectivity index (χ0) is 21.6. The number of likely N-dealkylation sites (N-methyl/N-ethyl adjacent to an activating group) is 1. The molecular weight excluding hydrogens is 422 g/mol. The van der Waals surface area contributed by atoms with Crippen LogP contribution in [0.4, 0.5) is 0 Å². The smallest absolute Gasteiger partial charge is 0.243 e. The maximum absolute atomic E-state index is 12.6. The second-order valence-corrected chi connectivity index (χ2v) is 9.69. The maximum atomic E-state index is 12.6. The summed E-state index contributed by atoms with van der Waals surface area (Å²) in [6, 6.07) is 16.1. The number of nitrogens with zero attached hydrogens (tertiary/aromatic N) is 3. The highest BCUT2D eigenvalue weighted by Gasteiger charge is 2.27. The summed E-state index contributed by atoms with van der Waals surface area (Å²) in [4.78, 5) is 16.7. The fourth-order valence-corrected chi connectivity index (χ4v) is 4.49. The van der Waals surface area contributed by atoms with E-state index in [0.717, 1.165) is 29.5 Å². The van der Waals surface area contributed by atoms with E-state index in [1.54, 1.807) is 4.90 Å². The molecule has 2 aromatic rings. The van der Waals surface area contributed by atoms with Crippen LogP contribution in [-0.4, -0.2) is 74.7 Å². The molecule has 160 valence electrons. The average Bonchev–Trinajstić information content (AvgIpc) is 2.75. The van der Waals surface area contributed by atoms with Crippen LogP contribution in [0.1, 0.15) is 5.56 Å². The van der Waals surface area contributed by atoms with Gasteiger partial charge in [0.1, 0.15) is 0 Å². The van der Waals surface area contributed by atoms with E-state index in [9.17, 15) is 13.2 Å². The zero-order valence-corrected chi connectivity index (χ0v) is 18.5. The molecule has 1 amide bonds. The van der Waals surface area contributed by atoms with Crippen LogP contribution in [0.2, 0.25) is 5.02 Å². The number of piperazine rings is 1. The monoisotopic (exact) mass is 447 g/mol. The van der Waals surface area contributed by atoms with Crippen LogP contribution in [0.3, 0.4) is 0 Å². The summed E-state index contributed by atoms with van der Waals surface area (Å²) in [6.45, 7) is 3.34. The van der Waals surface area contributed by atoms with E-state index in [2.05, 4.69) is 29.2 Å². The molecule has 30 heavy (non-hydrogen) atoms. The SMILES string of the molecule is CN(CC(=O)N1CCN(C/C=C/c2ccccc2)CC1)S(=O)(=O)c1ccc(Cl)cc1. The van der Waals surface area contributed by atoms with Crippen LogP contribution in [-0.2, 0) is 14.8 Å². The van der Waals surface area contributed by atoms with Gasteiger partial charge in [0.15, 0.2) is 0 Å². The van der Waals surface area contributed by atoms with Gasteiger partial charge in [-0.25, -0.2) is 8.42 Å². The van der Waals surface area contributed by atoms with Crippen LogP contribution in [0.15, 0.2) is 65.6 Å². The molecule has 0 unspecified atom stereocenters. The summed E-state index contributed by atoms with van der Waals surface area (Å²) in [7, 11) is -2.31. The number of carbonyl (C=O) groups excluding carboxylic acids is 1. The Bertz CT molecular complexity index is 970. The summed E-state index contributed by atoms with van der Waals surface area (Å²) in [5.41, 5.74) is 1.16. The van der Waals surface area contributed by atoms with Crippen molar-refractivity contribution in [1.82, 2.24) is 14.1 Å². The number of hydrogen-bond donors (Lipinski definition) is 0. The third-order valence-corrected chi connectivity index (χ3v) is 7.15. The fraction of sp³-hybridized carbons (Fsp3) is 0.318. The molecule has 1 aliphatic heterocycles. The van der Waals surface area contributed by atoms with Gasteiger partial charge in [-0.1, -0.05) is 54.1 Å². The van der Waals surface area contributed by atoms with E-state index in [-0.39, 0.29) is 17.3 Å².